The topological polar surface area (TPSA) is 16.1 Å². The van der Waals surface area contributed by atoms with E-state index in [0.717, 1.165) is 22.9 Å². The van der Waals surface area contributed by atoms with Crippen molar-refractivity contribution in [2.24, 2.45) is 0 Å². The summed E-state index contributed by atoms with van der Waals surface area (Å²) >= 11 is 0. The second kappa shape index (κ2) is 12.0. The van der Waals surface area contributed by atoms with Gasteiger partial charge in [-0.2, -0.15) is 0 Å². The lowest BCUT2D eigenvalue weighted by Crippen LogP contribution is -2.13. The van der Waals surface area contributed by atoms with E-state index in [2.05, 4.69) is 43.6 Å². The molecule has 0 amide bonds. The molecule has 3 aromatic carbocycles. The first-order valence-electron chi connectivity index (χ1n) is 13.3. The van der Waals surface area contributed by atoms with Gasteiger partial charge in [-0.25, -0.2) is 13.8 Å². The van der Waals surface area contributed by atoms with Crippen molar-refractivity contribution in [1.82, 2.24) is 4.98 Å². The molecule has 4 heteroatoms. The largest absolute Gasteiger partial charge is 0.292 e. The zero-order chi connectivity index (χ0) is 28.1. The SMILES string of the molecule is C=C1/C(=C\C=C(/C)c2cc(N(c3ccccc3)c3ccccn3)c(F)cc2F)C(C)c2cccc(C)c21.CC. The summed E-state index contributed by atoms with van der Waals surface area (Å²) in [5, 5.41) is 0. The van der Waals surface area contributed by atoms with Crippen molar-refractivity contribution >= 4 is 28.3 Å². The summed E-state index contributed by atoms with van der Waals surface area (Å²) < 4.78 is 30.4. The number of benzene rings is 3. The van der Waals surface area contributed by atoms with Gasteiger partial charge in [0.05, 0.1) is 5.69 Å². The van der Waals surface area contributed by atoms with E-state index >= 15 is 8.78 Å². The highest BCUT2D eigenvalue weighted by Gasteiger charge is 2.27. The van der Waals surface area contributed by atoms with E-state index in [0.29, 0.717) is 17.0 Å². The van der Waals surface area contributed by atoms with Crippen LogP contribution in [0.1, 0.15) is 55.9 Å². The van der Waals surface area contributed by atoms with Crippen LogP contribution in [0.25, 0.3) is 11.1 Å². The highest BCUT2D eigenvalue weighted by Crippen LogP contribution is 2.46. The van der Waals surface area contributed by atoms with Crippen LogP contribution >= 0.6 is 0 Å². The molecule has 0 saturated heterocycles. The van der Waals surface area contributed by atoms with Gasteiger partial charge < -0.3 is 0 Å². The third-order valence-corrected chi connectivity index (χ3v) is 7.00. The summed E-state index contributed by atoms with van der Waals surface area (Å²) in [5.41, 5.74) is 7.71. The predicted octanol–water partition coefficient (Wildman–Crippen LogP) is 10.3. The summed E-state index contributed by atoms with van der Waals surface area (Å²) in [6, 6.07) is 23.6. The molecular weight excluding hydrogens is 486 g/mol. The number of para-hydroxylation sites is 1. The maximum atomic E-state index is 15.3. The average molecular weight is 521 g/mol. The van der Waals surface area contributed by atoms with Gasteiger partial charge in [0.2, 0.25) is 0 Å². The van der Waals surface area contributed by atoms with Crippen LogP contribution in [-0.4, -0.2) is 4.98 Å². The lowest BCUT2D eigenvalue weighted by molar-refractivity contribution is 0.581. The maximum Gasteiger partial charge on any atom is 0.150 e. The van der Waals surface area contributed by atoms with Crippen molar-refractivity contribution in [3.63, 3.8) is 0 Å². The van der Waals surface area contributed by atoms with Gasteiger partial charge in [0, 0.05) is 29.4 Å². The van der Waals surface area contributed by atoms with Gasteiger partial charge in [-0.3, -0.25) is 4.90 Å². The predicted molar refractivity (Wildman–Crippen MR) is 161 cm³/mol. The number of rotatable bonds is 5. The Morgan fingerprint density at radius 1 is 0.923 bits per heavy atom. The van der Waals surface area contributed by atoms with Gasteiger partial charge >= 0.3 is 0 Å². The Kier molecular flexibility index (Phi) is 8.55. The molecule has 1 aliphatic rings. The highest BCUT2D eigenvalue weighted by atomic mass is 19.1. The molecule has 0 spiro atoms. The van der Waals surface area contributed by atoms with Crippen molar-refractivity contribution in [2.45, 2.75) is 40.5 Å². The van der Waals surface area contributed by atoms with Crippen molar-refractivity contribution in [3.8, 4) is 0 Å². The molecule has 1 aliphatic carbocycles. The van der Waals surface area contributed by atoms with Gasteiger partial charge in [0.25, 0.3) is 0 Å². The normalized spacial score (nSPS) is 15.6. The van der Waals surface area contributed by atoms with Crippen LogP contribution in [0.3, 0.4) is 0 Å². The number of aryl methyl sites for hydroxylation is 1. The van der Waals surface area contributed by atoms with E-state index in [1.807, 2.05) is 69.3 Å². The fourth-order valence-electron chi connectivity index (χ4n) is 5.06. The Balaban J connectivity index is 0.00000172. The molecule has 5 rings (SSSR count). The van der Waals surface area contributed by atoms with Crippen LogP contribution in [-0.2, 0) is 0 Å². The Bertz CT molecular complexity index is 1500. The Morgan fingerprint density at radius 3 is 2.31 bits per heavy atom. The summed E-state index contributed by atoms with van der Waals surface area (Å²) in [5.74, 6) is -0.540. The third kappa shape index (κ3) is 5.46. The molecule has 39 heavy (non-hydrogen) atoms. The Morgan fingerprint density at radius 2 is 1.64 bits per heavy atom. The van der Waals surface area contributed by atoms with Crippen molar-refractivity contribution < 1.29 is 8.78 Å². The number of anilines is 3. The second-order valence-corrected chi connectivity index (χ2v) is 9.35. The molecule has 1 aromatic heterocycles. The number of pyridine rings is 1. The van der Waals surface area contributed by atoms with Crippen molar-refractivity contribution in [1.29, 1.82) is 0 Å². The summed E-state index contributed by atoms with van der Waals surface area (Å²) in [7, 11) is 0. The van der Waals surface area contributed by atoms with Gasteiger partial charge in [-0.15, -0.1) is 0 Å². The van der Waals surface area contributed by atoms with E-state index in [4.69, 9.17) is 0 Å². The lowest BCUT2D eigenvalue weighted by Gasteiger charge is -2.25. The van der Waals surface area contributed by atoms with E-state index in [1.54, 1.807) is 29.3 Å². The number of allylic oxidation sites excluding steroid dienone is 5. The van der Waals surface area contributed by atoms with Crippen molar-refractivity contribution in [3.05, 3.63) is 143 Å². The standard InChI is InChI=1S/C33H28F2N2.C2H6/c1-21(16-17-26-23(3)27-14-10-11-22(2)33(27)24(26)4)28-19-31(30(35)20-29(28)34)37(25-12-6-5-7-13-25)32-15-8-9-18-36-32;1-2/h5-20,23H,4H2,1-3H3;1-2H3/b21-16+,26-17-;. The maximum absolute atomic E-state index is 15.3. The molecule has 0 fully saturated rings. The molecule has 0 saturated carbocycles. The van der Waals surface area contributed by atoms with Gasteiger partial charge in [0.15, 0.2) is 0 Å². The first kappa shape index (κ1) is 27.7. The van der Waals surface area contributed by atoms with Crippen molar-refractivity contribution in [2.75, 3.05) is 4.90 Å². The van der Waals surface area contributed by atoms with Crippen LogP contribution in [0.4, 0.5) is 26.0 Å². The number of hydrogen-bond donors (Lipinski definition) is 0. The molecular formula is C35H34F2N2. The molecule has 0 N–H and O–H groups in total. The first-order chi connectivity index (χ1) is 18.9. The van der Waals surface area contributed by atoms with Crippen LogP contribution in [0.5, 0.6) is 0 Å². The Hall–Kier alpha value is -4.31. The van der Waals surface area contributed by atoms with Gasteiger partial charge in [-0.05, 0) is 77.6 Å². The number of aromatic nitrogens is 1. The molecule has 1 heterocycles. The molecule has 4 aromatic rings. The minimum atomic E-state index is -0.661. The van der Waals surface area contributed by atoms with Crippen LogP contribution in [0.15, 0.2) is 109 Å². The summed E-state index contributed by atoms with van der Waals surface area (Å²) in [6.07, 6.45) is 5.56. The molecule has 198 valence electrons. The zero-order valence-electron chi connectivity index (χ0n) is 23.2. The Labute approximate surface area is 230 Å². The van der Waals surface area contributed by atoms with E-state index in [1.165, 1.54) is 16.7 Å². The fraction of sp³-hybridized carbons (Fsp3) is 0.171. The summed E-state index contributed by atoms with van der Waals surface area (Å²) in [6.45, 7) is 14.4. The molecule has 1 unspecified atom stereocenters. The lowest BCUT2D eigenvalue weighted by atomic mass is 9.97. The monoisotopic (exact) mass is 520 g/mol. The summed E-state index contributed by atoms with van der Waals surface area (Å²) in [4.78, 5) is 6.13. The molecule has 0 radical (unpaired) electrons. The van der Waals surface area contributed by atoms with Crippen LogP contribution in [0, 0.1) is 18.6 Å². The zero-order valence-corrected chi connectivity index (χ0v) is 23.2. The van der Waals surface area contributed by atoms with Crippen LogP contribution < -0.4 is 4.90 Å². The smallest absolute Gasteiger partial charge is 0.150 e. The molecule has 0 bridgehead atoms. The van der Waals surface area contributed by atoms with E-state index in [-0.39, 0.29) is 11.6 Å². The van der Waals surface area contributed by atoms with E-state index < -0.39 is 11.6 Å². The van der Waals surface area contributed by atoms with Crippen LogP contribution in [0.2, 0.25) is 0 Å². The minimum absolute atomic E-state index is 0.192. The average Bonchev–Trinajstić information content (AvgIpc) is 3.20. The molecule has 0 aliphatic heterocycles. The number of fused-ring (bicyclic) bond motifs is 1. The van der Waals surface area contributed by atoms with E-state index in [9.17, 15) is 0 Å². The number of hydrogen-bond acceptors (Lipinski definition) is 2. The molecule has 1 atom stereocenters. The fourth-order valence-corrected chi connectivity index (χ4v) is 5.06. The minimum Gasteiger partial charge on any atom is -0.292 e. The highest BCUT2D eigenvalue weighted by molar-refractivity contribution is 5.89. The van der Waals surface area contributed by atoms with Gasteiger partial charge in [0.1, 0.15) is 17.5 Å². The second-order valence-electron chi connectivity index (χ2n) is 9.35. The third-order valence-electron chi connectivity index (χ3n) is 7.00. The molecule has 2 nitrogen and oxygen atoms in total. The number of halogens is 2. The first-order valence-corrected chi connectivity index (χ1v) is 13.3. The van der Waals surface area contributed by atoms with Gasteiger partial charge in [-0.1, -0.05) is 82.0 Å². The number of nitrogens with zero attached hydrogens (tertiary/aromatic N) is 2. The quantitative estimate of drug-likeness (QED) is 0.260.